The van der Waals surface area contributed by atoms with Crippen LogP contribution < -0.4 is 5.32 Å². The lowest BCUT2D eigenvalue weighted by atomic mass is 10.1. The van der Waals surface area contributed by atoms with E-state index in [-0.39, 0.29) is 11.6 Å². The smallest absolute Gasteiger partial charge is 0.318 e. The van der Waals surface area contributed by atoms with Crippen LogP contribution in [0.2, 0.25) is 0 Å². The summed E-state index contributed by atoms with van der Waals surface area (Å²) in [5.41, 5.74) is 0.909. The minimum absolute atomic E-state index is 0.112. The first-order chi connectivity index (χ1) is 11.9. The minimum atomic E-state index is -0.290. The Balaban J connectivity index is 2.10. The lowest BCUT2D eigenvalue weighted by Gasteiger charge is -2.28. The third-order valence-electron chi connectivity index (χ3n) is 3.66. The molecule has 6 heteroatoms. The zero-order valence-corrected chi connectivity index (χ0v) is 15.5. The van der Waals surface area contributed by atoms with E-state index in [1.54, 1.807) is 18.2 Å². The molecule has 136 valence electrons. The van der Waals surface area contributed by atoms with Gasteiger partial charge in [-0.25, -0.2) is 9.78 Å². The van der Waals surface area contributed by atoms with Gasteiger partial charge in [0.25, 0.3) is 0 Å². The van der Waals surface area contributed by atoms with Crippen molar-refractivity contribution in [2.24, 2.45) is 0 Å². The first kappa shape index (κ1) is 19.0. The topological polar surface area (TPSA) is 59.4 Å². The summed E-state index contributed by atoms with van der Waals surface area (Å²) in [5, 5.41) is 3.00. The summed E-state index contributed by atoms with van der Waals surface area (Å²) < 4.78 is 7.22. The first-order valence-corrected chi connectivity index (χ1v) is 8.49. The fraction of sp³-hybridized carbons (Fsp3) is 0.474. The largest absolute Gasteiger partial charge is 0.383 e. The molecule has 1 N–H and O–H groups in total. The molecule has 1 aromatic heterocycles. The van der Waals surface area contributed by atoms with Crippen molar-refractivity contribution >= 4 is 6.03 Å². The fourth-order valence-electron chi connectivity index (χ4n) is 2.44. The van der Waals surface area contributed by atoms with E-state index in [0.29, 0.717) is 19.7 Å². The van der Waals surface area contributed by atoms with E-state index in [4.69, 9.17) is 4.74 Å². The van der Waals surface area contributed by atoms with Crippen LogP contribution in [0.25, 0.3) is 0 Å². The summed E-state index contributed by atoms with van der Waals surface area (Å²) in [6.07, 6.45) is 3.72. The van der Waals surface area contributed by atoms with Gasteiger partial charge in [0.1, 0.15) is 5.82 Å². The number of benzene rings is 1. The maximum Gasteiger partial charge on any atom is 0.318 e. The molecule has 0 atom stereocenters. The first-order valence-electron chi connectivity index (χ1n) is 8.49. The standard InChI is InChI=1S/C19H28N4O2/c1-19(2,3)21-18(24)23(12-13-25-4)15-17-20-10-11-22(17)14-16-8-6-5-7-9-16/h5-11H,12-15H2,1-4H3,(H,21,24). The van der Waals surface area contributed by atoms with E-state index in [9.17, 15) is 4.79 Å². The van der Waals surface area contributed by atoms with Gasteiger partial charge in [-0.3, -0.25) is 0 Å². The maximum atomic E-state index is 12.6. The number of carbonyl (C=O) groups is 1. The van der Waals surface area contributed by atoms with E-state index < -0.39 is 0 Å². The van der Waals surface area contributed by atoms with Gasteiger partial charge < -0.3 is 19.5 Å². The van der Waals surface area contributed by atoms with Crippen molar-refractivity contribution in [1.82, 2.24) is 19.8 Å². The Morgan fingerprint density at radius 2 is 2.00 bits per heavy atom. The number of rotatable bonds is 7. The second-order valence-electron chi connectivity index (χ2n) is 7.05. The molecule has 0 aliphatic heterocycles. The van der Waals surface area contributed by atoms with Gasteiger partial charge in [-0.2, -0.15) is 0 Å². The quantitative estimate of drug-likeness (QED) is 0.840. The molecule has 0 aliphatic rings. The monoisotopic (exact) mass is 344 g/mol. The van der Waals surface area contributed by atoms with Gasteiger partial charge in [0.2, 0.25) is 0 Å². The van der Waals surface area contributed by atoms with Gasteiger partial charge in [-0.15, -0.1) is 0 Å². The van der Waals surface area contributed by atoms with Crippen molar-refractivity contribution in [3.05, 3.63) is 54.1 Å². The van der Waals surface area contributed by atoms with Crippen LogP contribution >= 0.6 is 0 Å². The molecule has 0 saturated heterocycles. The molecule has 1 aromatic carbocycles. The molecule has 25 heavy (non-hydrogen) atoms. The lowest BCUT2D eigenvalue weighted by molar-refractivity contribution is 0.140. The molecule has 1 heterocycles. The maximum absolute atomic E-state index is 12.6. The molecule has 0 radical (unpaired) electrons. The highest BCUT2D eigenvalue weighted by atomic mass is 16.5. The Bertz CT molecular complexity index is 662. The van der Waals surface area contributed by atoms with Crippen molar-refractivity contribution < 1.29 is 9.53 Å². The van der Waals surface area contributed by atoms with Crippen molar-refractivity contribution in [3.63, 3.8) is 0 Å². The molecule has 6 nitrogen and oxygen atoms in total. The number of nitrogens with one attached hydrogen (secondary N) is 1. The summed E-state index contributed by atoms with van der Waals surface area (Å²) in [7, 11) is 1.64. The number of methoxy groups -OCH3 is 1. The van der Waals surface area contributed by atoms with Crippen LogP contribution in [-0.2, 0) is 17.8 Å². The summed E-state index contributed by atoms with van der Waals surface area (Å²) in [5.74, 6) is 0.851. The van der Waals surface area contributed by atoms with Crippen LogP contribution in [-0.4, -0.2) is 46.3 Å². The van der Waals surface area contributed by atoms with Crippen LogP contribution in [0, 0.1) is 0 Å². The zero-order valence-electron chi connectivity index (χ0n) is 15.5. The number of nitrogens with zero attached hydrogens (tertiary/aromatic N) is 3. The molecule has 0 unspecified atom stereocenters. The van der Waals surface area contributed by atoms with E-state index in [1.807, 2.05) is 45.2 Å². The lowest BCUT2D eigenvalue weighted by Crippen LogP contribution is -2.49. The Hall–Kier alpha value is -2.34. The Morgan fingerprint density at radius 3 is 2.64 bits per heavy atom. The molecule has 2 rings (SSSR count). The van der Waals surface area contributed by atoms with E-state index in [2.05, 4.69) is 27.0 Å². The minimum Gasteiger partial charge on any atom is -0.383 e. The van der Waals surface area contributed by atoms with Gasteiger partial charge in [0.15, 0.2) is 0 Å². The Kier molecular flexibility index (Phi) is 6.58. The second kappa shape index (κ2) is 8.67. The van der Waals surface area contributed by atoms with Gasteiger partial charge in [0, 0.05) is 38.1 Å². The van der Waals surface area contributed by atoms with E-state index in [0.717, 1.165) is 12.4 Å². The zero-order chi connectivity index (χ0) is 18.3. The summed E-state index contributed by atoms with van der Waals surface area (Å²) in [4.78, 5) is 18.8. The predicted molar refractivity (Wildman–Crippen MR) is 98.3 cm³/mol. The predicted octanol–water partition coefficient (Wildman–Crippen LogP) is 2.89. The molecule has 0 spiro atoms. The van der Waals surface area contributed by atoms with Crippen molar-refractivity contribution in [2.75, 3.05) is 20.3 Å². The summed E-state index contributed by atoms with van der Waals surface area (Å²) in [6, 6.07) is 10.1. The van der Waals surface area contributed by atoms with Crippen LogP contribution in [0.15, 0.2) is 42.7 Å². The number of carbonyl (C=O) groups excluding carboxylic acids is 1. The number of amides is 2. The summed E-state index contributed by atoms with van der Waals surface area (Å²) in [6.45, 7) is 8.06. The van der Waals surface area contributed by atoms with Crippen LogP contribution in [0.3, 0.4) is 0 Å². The number of ether oxygens (including phenoxy) is 1. The third kappa shape index (κ3) is 6.23. The highest BCUT2D eigenvalue weighted by Crippen LogP contribution is 2.09. The second-order valence-corrected chi connectivity index (χ2v) is 7.05. The van der Waals surface area contributed by atoms with E-state index in [1.165, 1.54) is 5.56 Å². The molecular weight excluding hydrogens is 316 g/mol. The van der Waals surface area contributed by atoms with Gasteiger partial charge in [0.05, 0.1) is 13.2 Å². The number of hydrogen-bond acceptors (Lipinski definition) is 3. The molecule has 0 bridgehead atoms. The molecule has 2 amide bonds. The molecule has 2 aromatic rings. The fourth-order valence-corrected chi connectivity index (χ4v) is 2.44. The number of urea groups is 1. The number of hydrogen-bond donors (Lipinski definition) is 1. The molecular formula is C19H28N4O2. The van der Waals surface area contributed by atoms with Crippen molar-refractivity contribution in [3.8, 4) is 0 Å². The van der Waals surface area contributed by atoms with Gasteiger partial charge in [-0.05, 0) is 26.3 Å². The number of aromatic nitrogens is 2. The van der Waals surface area contributed by atoms with Gasteiger partial charge in [-0.1, -0.05) is 30.3 Å². The summed E-state index contributed by atoms with van der Waals surface area (Å²) >= 11 is 0. The molecule has 0 saturated carbocycles. The molecule has 0 aliphatic carbocycles. The van der Waals surface area contributed by atoms with Crippen LogP contribution in [0.1, 0.15) is 32.2 Å². The average Bonchev–Trinajstić information content (AvgIpc) is 2.97. The highest BCUT2D eigenvalue weighted by Gasteiger charge is 2.21. The third-order valence-corrected chi connectivity index (χ3v) is 3.66. The molecule has 0 fully saturated rings. The van der Waals surface area contributed by atoms with Gasteiger partial charge >= 0.3 is 6.03 Å². The average molecular weight is 344 g/mol. The highest BCUT2D eigenvalue weighted by molar-refractivity contribution is 5.74. The Morgan fingerprint density at radius 1 is 1.28 bits per heavy atom. The number of imidazole rings is 1. The Labute approximate surface area is 149 Å². The van der Waals surface area contributed by atoms with Crippen molar-refractivity contribution in [2.45, 2.75) is 39.4 Å². The van der Waals surface area contributed by atoms with Crippen LogP contribution in [0.4, 0.5) is 4.79 Å². The normalized spacial score (nSPS) is 11.4. The van der Waals surface area contributed by atoms with E-state index >= 15 is 0 Å². The van der Waals surface area contributed by atoms with Crippen LogP contribution in [0.5, 0.6) is 0 Å². The SMILES string of the molecule is COCCN(Cc1nccn1Cc1ccccc1)C(=O)NC(C)(C)C. The van der Waals surface area contributed by atoms with Crippen molar-refractivity contribution in [1.29, 1.82) is 0 Å².